The third-order valence-electron chi connectivity index (χ3n) is 4.02. The summed E-state index contributed by atoms with van der Waals surface area (Å²) in [4.78, 5) is 0.360. The molecule has 2 aromatic carbocycles. The molecule has 4 nitrogen and oxygen atoms in total. The zero-order valence-corrected chi connectivity index (χ0v) is 12.9. The standard InChI is InChI=1S/C16H20N2O2S/c1-12-9-10-14(11-17-12)18-21(19,20)16-8-4-6-13-5-2-3-7-15(13)16/h2-8,12,14,17-18H,9-11H2,1H3. The van der Waals surface area contributed by atoms with Gasteiger partial charge in [0.15, 0.2) is 0 Å². The Morgan fingerprint density at radius 2 is 1.86 bits per heavy atom. The van der Waals surface area contributed by atoms with Crippen LogP contribution >= 0.6 is 0 Å². The van der Waals surface area contributed by atoms with Crippen LogP contribution in [-0.2, 0) is 10.0 Å². The zero-order valence-electron chi connectivity index (χ0n) is 12.0. The summed E-state index contributed by atoms with van der Waals surface area (Å²) < 4.78 is 28.1. The van der Waals surface area contributed by atoms with Crippen LogP contribution in [0.2, 0.25) is 0 Å². The average Bonchev–Trinajstić information content (AvgIpc) is 2.49. The molecule has 5 heteroatoms. The molecule has 1 heterocycles. The molecule has 0 amide bonds. The van der Waals surface area contributed by atoms with E-state index in [1.54, 1.807) is 12.1 Å². The number of hydrogen-bond acceptors (Lipinski definition) is 3. The summed E-state index contributed by atoms with van der Waals surface area (Å²) in [7, 11) is -3.49. The third kappa shape index (κ3) is 3.10. The molecule has 1 aliphatic rings. The number of hydrogen-bond donors (Lipinski definition) is 2. The smallest absolute Gasteiger partial charge is 0.241 e. The Bertz CT molecular complexity index is 730. The van der Waals surface area contributed by atoms with Crippen molar-refractivity contribution in [2.45, 2.75) is 36.7 Å². The van der Waals surface area contributed by atoms with Crippen molar-refractivity contribution in [2.75, 3.05) is 6.54 Å². The molecular formula is C16H20N2O2S. The van der Waals surface area contributed by atoms with Gasteiger partial charge in [-0.3, -0.25) is 0 Å². The van der Waals surface area contributed by atoms with Crippen LogP contribution in [0, 0.1) is 0 Å². The SMILES string of the molecule is CC1CCC(NS(=O)(=O)c2cccc3ccccc23)CN1. The zero-order chi connectivity index (χ0) is 14.9. The van der Waals surface area contributed by atoms with Crippen molar-refractivity contribution >= 4 is 20.8 Å². The predicted molar refractivity (Wildman–Crippen MR) is 84.8 cm³/mol. The molecule has 2 atom stereocenters. The molecule has 3 rings (SSSR count). The second kappa shape index (κ2) is 5.75. The van der Waals surface area contributed by atoms with Crippen molar-refractivity contribution in [3.05, 3.63) is 42.5 Å². The topological polar surface area (TPSA) is 58.2 Å². The molecule has 0 aliphatic carbocycles. The maximum Gasteiger partial charge on any atom is 0.241 e. The first-order chi connectivity index (χ1) is 10.1. The Balaban J connectivity index is 1.90. The predicted octanol–water partition coefficient (Wildman–Crippen LogP) is 2.26. The second-order valence-corrected chi connectivity index (χ2v) is 7.36. The Hall–Kier alpha value is -1.43. The van der Waals surface area contributed by atoms with Crippen molar-refractivity contribution in [1.29, 1.82) is 0 Å². The van der Waals surface area contributed by atoms with Gasteiger partial charge in [0.1, 0.15) is 0 Å². The highest BCUT2D eigenvalue weighted by atomic mass is 32.2. The van der Waals surface area contributed by atoms with E-state index in [0.29, 0.717) is 17.5 Å². The largest absolute Gasteiger partial charge is 0.313 e. The lowest BCUT2D eigenvalue weighted by atomic mass is 10.0. The minimum absolute atomic E-state index is 0.0369. The van der Waals surface area contributed by atoms with Crippen LogP contribution in [0.1, 0.15) is 19.8 Å². The fourth-order valence-corrected chi connectivity index (χ4v) is 4.31. The van der Waals surface area contributed by atoms with E-state index in [9.17, 15) is 8.42 Å². The molecule has 2 aromatic rings. The fourth-order valence-electron chi connectivity index (χ4n) is 2.81. The highest BCUT2D eigenvalue weighted by Gasteiger charge is 2.24. The van der Waals surface area contributed by atoms with Crippen molar-refractivity contribution < 1.29 is 8.42 Å². The van der Waals surface area contributed by atoms with Gasteiger partial charge in [0.05, 0.1) is 4.90 Å². The third-order valence-corrected chi connectivity index (χ3v) is 5.60. The molecule has 2 unspecified atom stereocenters. The molecule has 1 saturated heterocycles. The van der Waals surface area contributed by atoms with E-state index in [1.165, 1.54) is 0 Å². The minimum atomic E-state index is -3.49. The van der Waals surface area contributed by atoms with Crippen LogP contribution in [0.15, 0.2) is 47.4 Å². The minimum Gasteiger partial charge on any atom is -0.313 e. The molecule has 21 heavy (non-hydrogen) atoms. The summed E-state index contributed by atoms with van der Waals surface area (Å²) in [6.45, 7) is 2.81. The summed E-state index contributed by atoms with van der Waals surface area (Å²) in [6.07, 6.45) is 1.86. The van der Waals surface area contributed by atoms with E-state index in [4.69, 9.17) is 0 Å². The number of benzene rings is 2. The van der Waals surface area contributed by atoms with E-state index in [1.807, 2.05) is 30.3 Å². The highest BCUT2D eigenvalue weighted by Crippen LogP contribution is 2.23. The normalized spacial score (nSPS) is 23.3. The number of rotatable bonds is 3. The lowest BCUT2D eigenvalue weighted by molar-refractivity contribution is 0.366. The van der Waals surface area contributed by atoms with E-state index in [0.717, 1.165) is 23.6 Å². The van der Waals surface area contributed by atoms with Gasteiger partial charge in [0, 0.05) is 24.0 Å². The molecule has 0 bridgehead atoms. The van der Waals surface area contributed by atoms with Gasteiger partial charge in [-0.05, 0) is 31.2 Å². The maximum atomic E-state index is 12.7. The van der Waals surface area contributed by atoms with Gasteiger partial charge in [0.2, 0.25) is 10.0 Å². The Morgan fingerprint density at radius 3 is 2.62 bits per heavy atom. The average molecular weight is 304 g/mol. The number of piperidine rings is 1. The van der Waals surface area contributed by atoms with Crippen LogP contribution in [0.3, 0.4) is 0 Å². The van der Waals surface area contributed by atoms with Gasteiger partial charge in [-0.25, -0.2) is 13.1 Å². The quantitative estimate of drug-likeness (QED) is 0.914. The van der Waals surface area contributed by atoms with Gasteiger partial charge in [-0.1, -0.05) is 36.4 Å². The lowest BCUT2D eigenvalue weighted by Crippen LogP contribution is -2.48. The van der Waals surface area contributed by atoms with Gasteiger partial charge < -0.3 is 5.32 Å². The number of sulfonamides is 1. The summed E-state index contributed by atoms with van der Waals surface area (Å²) in [5, 5.41) is 5.03. The fraction of sp³-hybridized carbons (Fsp3) is 0.375. The van der Waals surface area contributed by atoms with Crippen LogP contribution < -0.4 is 10.0 Å². The molecule has 0 radical (unpaired) electrons. The van der Waals surface area contributed by atoms with E-state index >= 15 is 0 Å². The van der Waals surface area contributed by atoms with Gasteiger partial charge >= 0.3 is 0 Å². The summed E-state index contributed by atoms with van der Waals surface area (Å²) >= 11 is 0. The monoisotopic (exact) mass is 304 g/mol. The highest BCUT2D eigenvalue weighted by molar-refractivity contribution is 7.89. The first-order valence-electron chi connectivity index (χ1n) is 7.30. The Kier molecular flexibility index (Phi) is 3.97. The summed E-state index contributed by atoms with van der Waals surface area (Å²) in [5.74, 6) is 0. The molecule has 2 N–H and O–H groups in total. The summed E-state index contributed by atoms with van der Waals surface area (Å²) in [5.41, 5.74) is 0. The molecule has 0 aromatic heterocycles. The lowest BCUT2D eigenvalue weighted by Gasteiger charge is -2.28. The van der Waals surface area contributed by atoms with Crippen molar-refractivity contribution in [3.63, 3.8) is 0 Å². The summed E-state index contributed by atoms with van der Waals surface area (Å²) in [6, 6.07) is 13.4. The first-order valence-corrected chi connectivity index (χ1v) is 8.78. The van der Waals surface area contributed by atoms with Gasteiger partial charge in [-0.2, -0.15) is 0 Å². The molecule has 0 saturated carbocycles. The molecular weight excluding hydrogens is 284 g/mol. The molecule has 0 spiro atoms. The van der Waals surface area contributed by atoms with Crippen molar-refractivity contribution in [2.24, 2.45) is 0 Å². The van der Waals surface area contributed by atoms with E-state index < -0.39 is 10.0 Å². The van der Waals surface area contributed by atoms with Crippen LogP contribution in [0.25, 0.3) is 10.8 Å². The van der Waals surface area contributed by atoms with Crippen LogP contribution in [0.5, 0.6) is 0 Å². The molecule has 112 valence electrons. The van der Waals surface area contributed by atoms with Crippen molar-refractivity contribution in [3.8, 4) is 0 Å². The molecule has 1 aliphatic heterocycles. The number of fused-ring (bicyclic) bond motifs is 1. The Labute approximate surface area is 125 Å². The van der Waals surface area contributed by atoms with E-state index in [-0.39, 0.29) is 6.04 Å². The van der Waals surface area contributed by atoms with Gasteiger partial charge in [0.25, 0.3) is 0 Å². The number of nitrogens with one attached hydrogen (secondary N) is 2. The van der Waals surface area contributed by atoms with Crippen LogP contribution in [0.4, 0.5) is 0 Å². The van der Waals surface area contributed by atoms with Crippen molar-refractivity contribution in [1.82, 2.24) is 10.0 Å². The molecule has 1 fully saturated rings. The second-order valence-electron chi connectivity index (χ2n) is 5.68. The van der Waals surface area contributed by atoms with E-state index in [2.05, 4.69) is 17.0 Å². The van der Waals surface area contributed by atoms with Gasteiger partial charge in [-0.15, -0.1) is 0 Å². The first kappa shape index (κ1) is 14.5. The maximum absolute atomic E-state index is 12.7. The Morgan fingerprint density at radius 1 is 1.10 bits per heavy atom. The van der Waals surface area contributed by atoms with Crippen LogP contribution in [-0.4, -0.2) is 27.0 Å².